The Balaban J connectivity index is 0. The lowest BCUT2D eigenvalue weighted by atomic mass is 10.3. The highest BCUT2D eigenvalue weighted by Gasteiger charge is 2.41. The Labute approximate surface area is 177 Å². The van der Waals surface area contributed by atoms with Gasteiger partial charge in [0.1, 0.15) is 0 Å². The van der Waals surface area contributed by atoms with Gasteiger partial charge in [0.25, 0.3) is 0 Å². The van der Waals surface area contributed by atoms with Crippen LogP contribution in [0.15, 0.2) is 0 Å². The van der Waals surface area contributed by atoms with Crippen LogP contribution in [0.4, 0.5) is 0 Å². The van der Waals surface area contributed by atoms with Crippen LogP contribution >= 0.6 is 0 Å². The Morgan fingerprint density at radius 2 is 0.607 bits per heavy atom. The van der Waals surface area contributed by atoms with Crippen molar-refractivity contribution in [3.05, 3.63) is 0 Å². The summed E-state index contributed by atoms with van der Waals surface area (Å²) in [5.41, 5.74) is 0. The van der Waals surface area contributed by atoms with Gasteiger partial charge in [-0.15, -0.1) is 0 Å². The van der Waals surface area contributed by atoms with E-state index in [4.69, 9.17) is 26.6 Å². The maximum Gasteiger partial charge on any atom is 0.501 e. The maximum atomic E-state index is 5.72. The molecular weight excluding hydrogens is 392 g/mol. The maximum absolute atomic E-state index is 5.72. The summed E-state index contributed by atoms with van der Waals surface area (Å²) in [7, 11) is -4.72. The van der Waals surface area contributed by atoms with Crippen molar-refractivity contribution in [3.8, 4) is 0 Å². The van der Waals surface area contributed by atoms with Crippen LogP contribution in [0.25, 0.3) is 0 Å². The minimum absolute atomic E-state index is 0.548. The molecular formula is C20H48O6Si2. The van der Waals surface area contributed by atoms with Gasteiger partial charge in [-0.1, -0.05) is 27.7 Å². The van der Waals surface area contributed by atoms with Crippen molar-refractivity contribution in [1.29, 1.82) is 0 Å². The van der Waals surface area contributed by atoms with E-state index in [9.17, 15) is 0 Å². The molecule has 0 bridgehead atoms. The highest BCUT2D eigenvalue weighted by molar-refractivity contribution is 6.61. The molecule has 0 amide bonds. The second-order valence-electron chi connectivity index (χ2n) is 7.16. The van der Waals surface area contributed by atoms with Crippen molar-refractivity contribution >= 4 is 17.6 Å². The molecule has 0 saturated carbocycles. The van der Waals surface area contributed by atoms with Crippen LogP contribution in [0.2, 0.25) is 12.1 Å². The van der Waals surface area contributed by atoms with Gasteiger partial charge >= 0.3 is 17.6 Å². The first-order valence-electron chi connectivity index (χ1n) is 11.0. The molecule has 6 nitrogen and oxygen atoms in total. The molecule has 0 spiro atoms. The van der Waals surface area contributed by atoms with Crippen LogP contribution in [0.5, 0.6) is 0 Å². The van der Waals surface area contributed by atoms with E-state index >= 15 is 0 Å². The molecule has 0 aromatic heterocycles. The van der Waals surface area contributed by atoms with Gasteiger partial charge in [0.15, 0.2) is 0 Å². The van der Waals surface area contributed by atoms with E-state index < -0.39 is 17.6 Å². The highest BCUT2D eigenvalue weighted by Crippen LogP contribution is 2.22. The third-order valence-electron chi connectivity index (χ3n) is 3.50. The van der Waals surface area contributed by atoms with Crippen LogP contribution in [-0.4, -0.2) is 57.3 Å². The van der Waals surface area contributed by atoms with E-state index in [1.165, 1.54) is 0 Å². The monoisotopic (exact) mass is 440 g/mol. The van der Waals surface area contributed by atoms with E-state index in [2.05, 4.69) is 27.7 Å². The van der Waals surface area contributed by atoms with Crippen LogP contribution in [0.1, 0.15) is 69.2 Å². The largest absolute Gasteiger partial charge is 0.501 e. The Kier molecular flexibility index (Phi) is 19.5. The Morgan fingerprint density at radius 3 is 0.714 bits per heavy atom. The van der Waals surface area contributed by atoms with Gasteiger partial charge < -0.3 is 26.6 Å². The summed E-state index contributed by atoms with van der Waals surface area (Å²) in [6.45, 7) is 24.6. The standard InChI is InChI=1S/2C10H24O3Si/c2*1-6-11-14(12-7-2,13-8-3)9-10(4)5/h2*10H,6-9H2,1-5H3. The smallest absolute Gasteiger partial charge is 0.374 e. The molecule has 0 aliphatic rings. The van der Waals surface area contributed by atoms with E-state index in [-0.39, 0.29) is 0 Å². The summed E-state index contributed by atoms with van der Waals surface area (Å²) in [5, 5.41) is 0. The molecule has 0 atom stereocenters. The SMILES string of the molecule is CCO[Si](CC(C)C)(OCC)OCC.CCO[Si](CC(C)C)(OCC)OCC. The van der Waals surface area contributed by atoms with Gasteiger partial charge in [-0.3, -0.25) is 0 Å². The predicted molar refractivity (Wildman–Crippen MR) is 121 cm³/mol. The van der Waals surface area contributed by atoms with Gasteiger partial charge in [0.05, 0.1) is 0 Å². The van der Waals surface area contributed by atoms with Crippen molar-refractivity contribution < 1.29 is 26.6 Å². The Hall–Kier alpha value is 0.194. The highest BCUT2D eigenvalue weighted by atomic mass is 28.4. The quantitative estimate of drug-likeness (QED) is 0.300. The van der Waals surface area contributed by atoms with Crippen molar-refractivity contribution in [3.63, 3.8) is 0 Å². The molecule has 0 saturated heterocycles. The van der Waals surface area contributed by atoms with E-state index in [0.717, 1.165) is 12.1 Å². The summed E-state index contributed by atoms with van der Waals surface area (Å²) >= 11 is 0. The second kappa shape index (κ2) is 18.0. The zero-order chi connectivity index (χ0) is 22.1. The van der Waals surface area contributed by atoms with Gasteiger partial charge in [-0.2, -0.15) is 0 Å². The van der Waals surface area contributed by atoms with Gasteiger partial charge in [0.2, 0.25) is 0 Å². The van der Waals surface area contributed by atoms with E-state index in [1.54, 1.807) is 0 Å². The Bertz CT molecular complexity index is 277. The molecule has 172 valence electrons. The fraction of sp³-hybridized carbons (Fsp3) is 1.00. The zero-order valence-corrected chi connectivity index (χ0v) is 22.3. The Morgan fingerprint density at radius 1 is 0.429 bits per heavy atom. The lowest BCUT2D eigenvalue weighted by molar-refractivity contribution is 0.0674. The number of rotatable bonds is 16. The number of hydrogen-bond acceptors (Lipinski definition) is 6. The molecule has 8 heteroatoms. The first-order valence-corrected chi connectivity index (χ1v) is 14.9. The van der Waals surface area contributed by atoms with Crippen molar-refractivity contribution in [2.45, 2.75) is 81.3 Å². The first kappa shape index (κ1) is 30.4. The van der Waals surface area contributed by atoms with Crippen molar-refractivity contribution in [2.75, 3.05) is 39.6 Å². The fourth-order valence-corrected chi connectivity index (χ4v) is 8.77. The molecule has 0 aliphatic carbocycles. The molecule has 0 radical (unpaired) electrons. The lowest BCUT2D eigenvalue weighted by Gasteiger charge is -2.29. The minimum Gasteiger partial charge on any atom is -0.374 e. The summed E-state index contributed by atoms with van der Waals surface area (Å²) in [6, 6.07) is 1.81. The molecule has 0 rings (SSSR count). The summed E-state index contributed by atoms with van der Waals surface area (Å²) < 4.78 is 34.3. The normalized spacial score (nSPS) is 12.4. The predicted octanol–water partition coefficient (Wildman–Crippen LogP) is 5.38. The van der Waals surface area contributed by atoms with Crippen LogP contribution < -0.4 is 0 Å². The molecule has 0 unspecified atom stereocenters. The fourth-order valence-electron chi connectivity index (χ4n) is 2.92. The van der Waals surface area contributed by atoms with Gasteiger partial charge in [-0.05, 0) is 53.4 Å². The average molecular weight is 441 g/mol. The third-order valence-corrected chi connectivity index (χ3v) is 10.5. The van der Waals surface area contributed by atoms with Crippen molar-refractivity contribution in [2.24, 2.45) is 11.8 Å². The van der Waals surface area contributed by atoms with E-state index in [1.807, 2.05) is 41.5 Å². The average Bonchev–Trinajstić information content (AvgIpc) is 2.55. The topological polar surface area (TPSA) is 55.4 Å². The molecule has 0 N–H and O–H groups in total. The molecule has 0 heterocycles. The second-order valence-corrected chi connectivity index (χ2v) is 12.4. The molecule has 0 fully saturated rings. The summed E-state index contributed by atoms with van der Waals surface area (Å²) in [4.78, 5) is 0. The van der Waals surface area contributed by atoms with Gasteiger partial charge in [0, 0.05) is 51.7 Å². The van der Waals surface area contributed by atoms with Crippen LogP contribution in [0.3, 0.4) is 0 Å². The molecule has 0 aliphatic heterocycles. The lowest BCUT2D eigenvalue weighted by Crippen LogP contribution is -2.47. The minimum atomic E-state index is -2.36. The number of hydrogen-bond donors (Lipinski definition) is 0. The van der Waals surface area contributed by atoms with Crippen LogP contribution in [0, 0.1) is 11.8 Å². The molecule has 28 heavy (non-hydrogen) atoms. The molecule has 0 aromatic rings. The van der Waals surface area contributed by atoms with Crippen molar-refractivity contribution in [1.82, 2.24) is 0 Å². The molecule has 0 aromatic carbocycles. The summed E-state index contributed by atoms with van der Waals surface area (Å²) in [6.07, 6.45) is 0. The van der Waals surface area contributed by atoms with Crippen LogP contribution in [-0.2, 0) is 26.6 Å². The van der Waals surface area contributed by atoms with Gasteiger partial charge in [-0.25, -0.2) is 0 Å². The third kappa shape index (κ3) is 14.2. The van der Waals surface area contributed by atoms with E-state index in [0.29, 0.717) is 51.5 Å². The zero-order valence-electron chi connectivity index (χ0n) is 20.3. The first-order chi connectivity index (χ1) is 13.2. The summed E-state index contributed by atoms with van der Waals surface area (Å²) in [5.74, 6) is 1.10.